The first-order valence-electron chi connectivity index (χ1n) is 6.01. The van der Waals surface area contributed by atoms with Crippen LogP contribution in [0, 0.1) is 5.92 Å². The lowest BCUT2D eigenvalue weighted by Crippen LogP contribution is -2.00. The standard InChI is InChI=1S/C14H14Cl2N2O/c1-9(2)7-13-12(8-19)14(16)18(17-13)11-5-3-10(15)4-6-11/h3-6,8-9H,7H2,1-2H3. The summed E-state index contributed by atoms with van der Waals surface area (Å²) in [5, 5.41) is 5.42. The zero-order chi connectivity index (χ0) is 14.0. The molecule has 0 aliphatic carbocycles. The smallest absolute Gasteiger partial charge is 0.155 e. The Bertz CT molecular complexity index is 588. The van der Waals surface area contributed by atoms with Crippen molar-refractivity contribution in [3.8, 4) is 5.69 Å². The van der Waals surface area contributed by atoms with Gasteiger partial charge in [-0.2, -0.15) is 5.10 Å². The molecule has 0 radical (unpaired) electrons. The molecule has 0 atom stereocenters. The molecule has 19 heavy (non-hydrogen) atoms. The fraction of sp³-hybridized carbons (Fsp3) is 0.286. The number of hydrogen-bond acceptors (Lipinski definition) is 2. The maximum atomic E-state index is 11.2. The fourth-order valence-corrected chi connectivity index (χ4v) is 2.27. The van der Waals surface area contributed by atoms with Crippen molar-refractivity contribution < 1.29 is 4.79 Å². The summed E-state index contributed by atoms with van der Waals surface area (Å²) >= 11 is 12.1. The average Bonchev–Trinajstić information content (AvgIpc) is 2.66. The molecule has 2 rings (SSSR count). The summed E-state index contributed by atoms with van der Waals surface area (Å²) in [6.45, 7) is 4.15. The summed E-state index contributed by atoms with van der Waals surface area (Å²) in [7, 11) is 0. The van der Waals surface area contributed by atoms with Crippen LogP contribution in [-0.2, 0) is 6.42 Å². The van der Waals surface area contributed by atoms with Gasteiger partial charge in [0.2, 0.25) is 0 Å². The molecule has 3 nitrogen and oxygen atoms in total. The summed E-state index contributed by atoms with van der Waals surface area (Å²) < 4.78 is 1.57. The topological polar surface area (TPSA) is 34.9 Å². The van der Waals surface area contributed by atoms with Gasteiger partial charge in [-0.3, -0.25) is 4.79 Å². The molecule has 0 N–H and O–H groups in total. The summed E-state index contributed by atoms with van der Waals surface area (Å²) in [4.78, 5) is 11.2. The third-order valence-corrected chi connectivity index (χ3v) is 3.35. The number of aldehydes is 1. The molecule has 0 bridgehead atoms. The molecule has 1 aromatic heterocycles. The first-order chi connectivity index (χ1) is 9.02. The Kier molecular flexibility index (Phi) is 4.27. The van der Waals surface area contributed by atoms with E-state index in [1.807, 2.05) is 12.1 Å². The van der Waals surface area contributed by atoms with Crippen LogP contribution in [0.2, 0.25) is 10.2 Å². The Morgan fingerprint density at radius 1 is 1.26 bits per heavy atom. The van der Waals surface area contributed by atoms with Gasteiger partial charge in [-0.05, 0) is 36.6 Å². The van der Waals surface area contributed by atoms with Gasteiger partial charge >= 0.3 is 0 Å². The Hall–Kier alpha value is -1.32. The minimum absolute atomic E-state index is 0.341. The van der Waals surface area contributed by atoms with Crippen LogP contribution in [0.25, 0.3) is 5.69 Å². The summed E-state index contributed by atoms with van der Waals surface area (Å²) in [6, 6.07) is 7.15. The van der Waals surface area contributed by atoms with E-state index in [1.165, 1.54) is 0 Å². The van der Waals surface area contributed by atoms with E-state index in [4.69, 9.17) is 23.2 Å². The summed E-state index contributed by atoms with van der Waals surface area (Å²) in [5.41, 5.74) is 1.97. The molecule has 2 aromatic rings. The zero-order valence-corrected chi connectivity index (χ0v) is 12.2. The second-order valence-corrected chi connectivity index (χ2v) is 5.55. The van der Waals surface area contributed by atoms with Crippen molar-refractivity contribution in [2.45, 2.75) is 20.3 Å². The lowest BCUT2D eigenvalue weighted by atomic mass is 10.1. The number of carbonyl (C=O) groups excluding carboxylic acids is 1. The molecule has 0 saturated heterocycles. The normalized spacial score (nSPS) is 11.0. The first-order valence-corrected chi connectivity index (χ1v) is 6.77. The van der Waals surface area contributed by atoms with Crippen LogP contribution in [-0.4, -0.2) is 16.1 Å². The molecular formula is C14H14Cl2N2O. The highest BCUT2D eigenvalue weighted by atomic mass is 35.5. The largest absolute Gasteiger partial charge is 0.298 e. The van der Waals surface area contributed by atoms with Crippen molar-refractivity contribution in [2.75, 3.05) is 0 Å². The molecule has 0 aliphatic rings. The third kappa shape index (κ3) is 2.99. The maximum absolute atomic E-state index is 11.2. The monoisotopic (exact) mass is 296 g/mol. The highest BCUT2D eigenvalue weighted by Crippen LogP contribution is 2.24. The second kappa shape index (κ2) is 5.76. The number of carbonyl (C=O) groups is 1. The molecule has 100 valence electrons. The predicted molar refractivity (Wildman–Crippen MR) is 77.5 cm³/mol. The number of benzene rings is 1. The molecule has 0 aliphatic heterocycles. The van der Waals surface area contributed by atoms with Gasteiger partial charge in [-0.1, -0.05) is 37.0 Å². The van der Waals surface area contributed by atoms with Crippen molar-refractivity contribution in [3.63, 3.8) is 0 Å². The average molecular weight is 297 g/mol. The highest BCUT2D eigenvalue weighted by Gasteiger charge is 2.17. The highest BCUT2D eigenvalue weighted by molar-refractivity contribution is 6.32. The van der Waals surface area contributed by atoms with Crippen molar-refractivity contribution in [1.29, 1.82) is 0 Å². The minimum Gasteiger partial charge on any atom is -0.298 e. The van der Waals surface area contributed by atoms with Crippen LogP contribution >= 0.6 is 23.2 Å². The number of aromatic nitrogens is 2. The van der Waals surface area contributed by atoms with Gasteiger partial charge in [0.25, 0.3) is 0 Å². The van der Waals surface area contributed by atoms with Crippen molar-refractivity contribution in [2.24, 2.45) is 5.92 Å². The van der Waals surface area contributed by atoms with Crippen molar-refractivity contribution in [1.82, 2.24) is 9.78 Å². The van der Waals surface area contributed by atoms with Gasteiger partial charge in [-0.15, -0.1) is 0 Å². The van der Waals surface area contributed by atoms with Gasteiger partial charge in [0, 0.05) is 5.02 Å². The Morgan fingerprint density at radius 2 is 1.89 bits per heavy atom. The van der Waals surface area contributed by atoms with Crippen LogP contribution < -0.4 is 0 Å². The van der Waals surface area contributed by atoms with E-state index < -0.39 is 0 Å². The van der Waals surface area contributed by atoms with Crippen molar-refractivity contribution >= 4 is 29.5 Å². The maximum Gasteiger partial charge on any atom is 0.155 e. The zero-order valence-electron chi connectivity index (χ0n) is 10.7. The van der Waals surface area contributed by atoms with Crippen LogP contribution in [0.5, 0.6) is 0 Å². The second-order valence-electron chi connectivity index (χ2n) is 4.76. The molecule has 5 heteroatoms. The number of nitrogens with zero attached hydrogens (tertiary/aromatic N) is 2. The molecule has 1 heterocycles. The van der Waals surface area contributed by atoms with E-state index in [0.29, 0.717) is 28.1 Å². The number of rotatable bonds is 4. The molecule has 0 spiro atoms. The number of halogens is 2. The Labute approximate surface area is 122 Å². The van der Waals surface area contributed by atoms with E-state index in [9.17, 15) is 4.79 Å². The molecular weight excluding hydrogens is 283 g/mol. The molecule has 1 aromatic carbocycles. The van der Waals surface area contributed by atoms with E-state index in [1.54, 1.807) is 16.8 Å². The number of hydrogen-bond donors (Lipinski definition) is 0. The quantitative estimate of drug-likeness (QED) is 0.793. The molecule has 0 unspecified atom stereocenters. The van der Waals surface area contributed by atoms with E-state index >= 15 is 0 Å². The van der Waals surface area contributed by atoms with Gasteiger partial charge < -0.3 is 0 Å². The molecule has 0 amide bonds. The first kappa shape index (κ1) is 14.1. The van der Waals surface area contributed by atoms with E-state index in [0.717, 1.165) is 17.7 Å². The summed E-state index contributed by atoms with van der Waals surface area (Å²) in [5.74, 6) is 0.406. The van der Waals surface area contributed by atoms with Crippen LogP contribution in [0.1, 0.15) is 29.9 Å². The summed E-state index contributed by atoms with van der Waals surface area (Å²) in [6.07, 6.45) is 1.48. The lowest BCUT2D eigenvalue weighted by molar-refractivity contribution is 0.112. The van der Waals surface area contributed by atoms with Crippen molar-refractivity contribution in [3.05, 3.63) is 45.7 Å². The SMILES string of the molecule is CC(C)Cc1nn(-c2ccc(Cl)cc2)c(Cl)c1C=O. The van der Waals surface area contributed by atoms with Crippen LogP contribution in [0.15, 0.2) is 24.3 Å². The van der Waals surface area contributed by atoms with Gasteiger partial charge in [0.1, 0.15) is 5.15 Å². The van der Waals surface area contributed by atoms with Gasteiger partial charge in [0.05, 0.1) is 16.9 Å². The van der Waals surface area contributed by atoms with E-state index in [-0.39, 0.29) is 0 Å². The van der Waals surface area contributed by atoms with Gasteiger partial charge in [0.15, 0.2) is 6.29 Å². The lowest BCUT2D eigenvalue weighted by Gasteiger charge is -2.03. The molecule has 0 saturated carbocycles. The Balaban J connectivity index is 2.49. The Morgan fingerprint density at radius 3 is 2.42 bits per heavy atom. The molecule has 0 fully saturated rings. The minimum atomic E-state index is 0.341. The third-order valence-electron chi connectivity index (χ3n) is 2.73. The predicted octanol–water partition coefficient (Wildman–Crippen LogP) is 4.19. The fourth-order valence-electron chi connectivity index (χ4n) is 1.86. The van der Waals surface area contributed by atoms with E-state index in [2.05, 4.69) is 18.9 Å². The van der Waals surface area contributed by atoms with Crippen LogP contribution in [0.3, 0.4) is 0 Å². The van der Waals surface area contributed by atoms with Crippen LogP contribution in [0.4, 0.5) is 0 Å². The van der Waals surface area contributed by atoms with Gasteiger partial charge in [-0.25, -0.2) is 4.68 Å².